The molecule has 1 saturated carbocycles. The number of fused-ring (bicyclic) bond motifs is 5. The molecule has 3 heterocycles. The van der Waals surface area contributed by atoms with E-state index in [4.69, 9.17) is 0 Å². The van der Waals surface area contributed by atoms with Gasteiger partial charge in [-0.05, 0) is 67.6 Å². The fraction of sp³-hybridized carbons (Fsp3) is 0.640. The summed E-state index contributed by atoms with van der Waals surface area (Å²) < 4.78 is 0. The van der Waals surface area contributed by atoms with Crippen LogP contribution in [0.3, 0.4) is 0 Å². The van der Waals surface area contributed by atoms with Gasteiger partial charge < -0.3 is 4.90 Å². The van der Waals surface area contributed by atoms with Gasteiger partial charge in [0.05, 0.1) is 6.04 Å². The maximum Gasteiger partial charge on any atom is 0.0585 e. The number of rotatable bonds is 2. The topological polar surface area (TPSA) is 15.6 Å². The van der Waals surface area contributed by atoms with Gasteiger partial charge in [0.1, 0.15) is 0 Å². The van der Waals surface area contributed by atoms with E-state index < -0.39 is 0 Å². The third-order valence-corrected chi connectivity index (χ3v) is 8.32. The van der Waals surface area contributed by atoms with Crippen molar-refractivity contribution in [2.75, 3.05) is 6.54 Å². The van der Waals surface area contributed by atoms with E-state index in [2.05, 4.69) is 40.4 Å². The van der Waals surface area contributed by atoms with Crippen LogP contribution in [0.5, 0.6) is 0 Å². The van der Waals surface area contributed by atoms with Crippen molar-refractivity contribution < 1.29 is 0 Å². The minimum Gasteiger partial charge on any atom is -0.341 e. The zero-order valence-electron chi connectivity index (χ0n) is 16.4. The van der Waals surface area contributed by atoms with Crippen LogP contribution < -0.4 is 0 Å². The van der Waals surface area contributed by atoms with Gasteiger partial charge in [0, 0.05) is 36.0 Å². The van der Waals surface area contributed by atoms with Crippen LogP contribution in [0.25, 0.3) is 0 Å². The number of hydrogen-bond donors (Lipinski definition) is 0. The van der Waals surface area contributed by atoms with Crippen molar-refractivity contribution in [3.8, 4) is 0 Å². The molecule has 2 nitrogen and oxygen atoms in total. The Kier molecular flexibility index (Phi) is 3.94. The second-order valence-corrected chi connectivity index (χ2v) is 9.66. The largest absolute Gasteiger partial charge is 0.341 e. The van der Waals surface area contributed by atoms with Crippen molar-refractivity contribution in [3.63, 3.8) is 0 Å². The maximum absolute atomic E-state index is 4.68. The molecule has 2 heteroatoms. The molecule has 0 radical (unpaired) electrons. The second kappa shape index (κ2) is 6.50. The first-order valence-corrected chi connectivity index (χ1v) is 11.5. The fourth-order valence-corrected chi connectivity index (χ4v) is 7.11. The monoisotopic (exact) mass is 360 g/mol. The highest BCUT2D eigenvalue weighted by Gasteiger charge is 2.49. The lowest BCUT2D eigenvalue weighted by Gasteiger charge is -2.38. The molecule has 2 unspecified atom stereocenters. The van der Waals surface area contributed by atoms with Crippen molar-refractivity contribution in [1.82, 2.24) is 4.90 Å². The number of hydrogen-bond acceptors (Lipinski definition) is 2. The van der Waals surface area contributed by atoms with E-state index in [-0.39, 0.29) is 0 Å². The molecule has 0 aromatic heterocycles. The maximum atomic E-state index is 4.68. The van der Waals surface area contributed by atoms with Crippen LogP contribution in [0, 0.1) is 23.7 Å². The molecule has 3 aliphatic heterocycles. The third kappa shape index (κ3) is 2.55. The summed E-state index contributed by atoms with van der Waals surface area (Å²) in [6.45, 7) is 1.01. The number of nitrogens with zero attached hydrogens (tertiary/aromatic N) is 2. The van der Waals surface area contributed by atoms with E-state index in [0.717, 1.165) is 24.3 Å². The molecule has 142 valence electrons. The van der Waals surface area contributed by atoms with Crippen molar-refractivity contribution in [2.45, 2.75) is 70.3 Å². The zero-order valence-corrected chi connectivity index (χ0v) is 16.4. The summed E-state index contributed by atoms with van der Waals surface area (Å²) in [5.74, 6) is 3.22. The Morgan fingerprint density at radius 1 is 1.04 bits per heavy atom. The summed E-state index contributed by atoms with van der Waals surface area (Å²) in [5.41, 5.74) is 6.76. The average molecular weight is 361 g/mol. The fourth-order valence-electron chi connectivity index (χ4n) is 7.11. The van der Waals surface area contributed by atoms with Gasteiger partial charge in [0.2, 0.25) is 0 Å². The van der Waals surface area contributed by atoms with E-state index in [1.807, 2.05) is 5.57 Å². The lowest BCUT2D eigenvalue weighted by Crippen LogP contribution is -2.35. The highest BCUT2D eigenvalue weighted by Crippen LogP contribution is 2.55. The van der Waals surface area contributed by atoms with Crippen LogP contribution in [0.1, 0.15) is 64.2 Å². The molecular weight excluding hydrogens is 328 g/mol. The summed E-state index contributed by atoms with van der Waals surface area (Å²) in [6.07, 6.45) is 25.7. The second-order valence-electron chi connectivity index (χ2n) is 9.66. The molecule has 2 fully saturated rings. The molecule has 6 aliphatic rings. The predicted octanol–water partition coefficient (Wildman–Crippen LogP) is 5.80. The normalized spacial score (nSPS) is 37.6. The minimum absolute atomic E-state index is 0.581. The Bertz CT molecular complexity index is 774. The van der Waals surface area contributed by atoms with Gasteiger partial charge in [0.15, 0.2) is 0 Å². The van der Waals surface area contributed by atoms with E-state index in [0.29, 0.717) is 12.0 Å². The van der Waals surface area contributed by atoms with Gasteiger partial charge in [-0.3, -0.25) is 4.99 Å². The summed E-state index contributed by atoms with van der Waals surface area (Å²) in [4.78, 5) is 7.51. The van der Waals surface area contributed by atoms with Crippen LogP contribution in [0.2, 0.25) is 0 Å². The summed E-state index contributed by atoms with van der Waals surface area (Å²) in [6, 6.07) is 0.581. The Balaban J connectivity index is 1.44. The van der Waals surface area contributed by atoms with Gasteiger partial charge in [-0.2, -0.15) is 0 Å². The molecule has 0 N–H and O–H groups in total. The quantitative estimate of drug-likeness (QED) is 0.608. The summed E-state index contributed by atoms with van der Waals surface area (Å²) in [7, 11) is 0. The van der Waals surface area contributed by atoms with E-state index in [1.165, 1.54) is 64.2 Å². The first kappa shape index (κ1) is 16.4. The van der Waals surface area contributed by atoms with Crippen LogP contribution in [0.4, 0.5) is 0 Å². The Morgan fingerprint density at radius 3 is 2.89 bits per heavy atom. The Labute approximate surface area is 163 Å². The average Bonchev–Trinajstić information content (AvgIpc) is 3.29. The molecule has 3 aliphatic carbocycles. The molecule has 27 heavy (non-hydrogen) atoms. The lowest BCUT2D eigenvalue weighted by atomic mass is 9.72. The van der Waals surface area contributed by atoms with Gasteiger partial charge >= 0.3 is 0 Å². The van der Waals surface area contributed by atoms with Gasteiger partial charge in [-0.15, -0.1) is 0 Å². The van der Waals surface area contributed by atoms with Gasteiger partial charge in [0.25, 0.3) is 0 Å². The van der Waals surface area contributed by atoms with Crippen LogP contribution in [-0.2, 0) is 0 Å². The first-order valence-electron chi connectivity index (χ1n) is 11.5. The predicted molar refractivity (Wildman–Crippen MR) is 111 cm³/mol. The molecule has 0 aromatic carbocycles. The van der Waals surface area contributed by atoms with Crippen LogP contribution in [-0.4, -0.2) is 23.7 Å². The standard InChI is InChI=1S/C25H32N2/c1-2-6-17(5-1)15-19-10-12-21-22-16-26-14-13-24(22)27-23-8-4-3-7-18(23)9-11-20(19)25(21)27/h3,7,9,13-14,17,19,21-23H,1-2,4-6,8,10-12,15-16H2/t19?,21-,22-,23?/m1/s1. The van der Waals surface area contributed by atoms with Gasteiger partial charge in [-0.1, -0.05) is 43.9 Å². The molecule has 4 atom stereocenters. The number of dihydropyridines is 1. The Hall–Kier alpha value is -1.57. The number of allylic oxidation sites excluding steroid dienone is 5. The summed E-state index contributed by atoms with van der Waals surface area (Å²) >= 11 is 0. The first-order chi connectivity index (χ1) is 13.4. The molecular formula is C25H32N2. The number of aliphatic imine (C=N–C) groups is 1. The van der Waals surface area contributed by atoms with Crippen LogP contribution >= 0.6 is 0 Å². The Morgan fingerprint density at radius 2 is 1.96 bits per heavy atom. The van der Waals surface area contributed by atoms with Crippen molar-refractivity contribution >= 4 is 6.21 Å². The van der Waals surface area contributed by atoms with E-state index in [9.17, 15) is 0 Å². The molecule has 0 spiro atoms. The highest BCUT2D eigenvalue weighted by molar-refractivity contribution is 5.74. The molecule has 0 aromatic rings. The zero-order chi connectivity index (χ0) is 17.8. The summed E-state index contributed by atoms with van der Waals surface area (Å²) in [5, 5.41) is 0. The SMILES string of the molecule is C1=CC2=CCC3=C4[C@H](CCC3CC3CCCC3)[C@H]3CN=CC=C3N4C2CC1. The molecule has 0 bridgehead atoms. The van der Waals surface area contributed by atoms with Crippen molar-refractivity contribution in [3.05, 3.63) is 46.8 Å². The van der Waals surface area contributed by atoms with Crippen molar-refractivity contribution in [2.24, 2.45) is 28.7 Å². The van der Waals surface area contributed by atoms with Crippen LogP contribution in [0.15, 0.2) is 51.8 Å². The highest BCUT2D eigenvalue weighted by atomic mass is 15.2. The third-order valence-electron chi connectivity index (χ3n) is 8.32. The lowest BCUT2D eigenvalue weighted by molar-refractivity contribution is 0.295. The molecule has 0 amide bonds. The van der Waals surface area contributed by atoms with Gasteiger partial charge in [-0.25, -0.2) is 0 Å². The molecule has 1 saturated heterocycles. The minimum atomic E-state index is 0.581. The molecule has 6 rings (SSSR count). The van der Waals surface area contributed by atoms with Crippen molar-refractivity contribution in [1.29, 1.82) is 0 Å². The smallest absolute Gasteiger partial charge is 0.0585 e. The van der Waals surface area contributed by atoms with E-state index >= 15 is 0 Å². The van der Waals surface area contributed by atoms with E-state index in [1.54, 1.807) is 17.0 Å².